The van der Waals surface area contributed by atoms with Gasteiger partial charge >= 0.3 is 0 Å². The van der Waals surface area contributed by atoms with Crippen LogP contribution in [-0.4, -0.2) is 19.1 Å². The summed E-state index contributed by atoms with van der Waals surface area (Å²) in [4.78, 5) is 2.39. The average molecular weight is 204 g/mol. The summed E-state index contributed by atoms with van der Waals surface area (Å²) in [6, 6.07) is 5.43. The molecule has 1 aliphatic heterocycles. The minimum Gasteiger partial charge on any atom is -0.379 e. The molecular weight excluding hydrogens is 184 g/mol. The minimum absolute atomic E-state index is 0.504. The van der Waals surface area contributed by atoms with Gasteiger partial charge in [-0.05, 0) is 44.9 Å². The van der Waals surface area contributed by atoms with Crippen LogP contribution >= 0.6 is 0 Å². The first kappa shape index (κ1) is 10.3. The molecule has 1 aromatic carbocycles. The van der Waals surface area contributed by atoms with E-state index in [-0.39, 0.29) is 0 Å². The van der Waals surface area contributed by atoms with Crippen LogP contribution in [0.25, 0.3) is 0 Å². The minimum atomic E-state index is 0.504. The second-order valence-corrected chi connectivity index (χ2v) is 4.69. The third-order valence-corrected chi connectivity index (χ3v) is 3.77. The Morgan fingerprint density at radius 2 is 1.87 bits per heavy atom. The van der Waals surface area contributed by atoms with Gasteiger partial charge in [0, 0.05) is 19.1 Å². The summed E-state index contributed by atoms with van der Waals surface area (Å²) < 4.78 is 0. The normalized spacial score (nSPS) is 24.7. The maximum absolute atomic E-state index is 3.57. The molecule has 0 aliphatic carbocycles. The van der Waals surface area contributed by atoms with Crippen molar-refractivity contribution in [1.29, 1.82) is 0 Å². The molecule has 0 bridgehead atoms. The Kier molecular flexibility index (Phi) is 2.37. The molecule has 2 rings (SSSR count). The first-order valence-electron chi connectivity index (χ1n) is 5.62. The van der Waals surface area contributed by atoms with Gasteiger partial charge in [0.15, 0.2) is 0 Å². The molecule has 0 radical (unpaired) electrons. The van der Waals surface area contributed by atoms with Gasteiger partial charge in [0.2, 0.25) is 0 Å². The van der Waals surface area contributed by atoms with Crippen LogP contribution in [0.15, 0.2) is 12.1 Å². The number of nitrogens with one attached hydrogen (secondary N) is 1. The third-order valence-electron chi connectivity index (χ3n) is 3.77. The van der Waals surface area contributed by atoms with Crippen molar-refractivity contribution in [3.05, 3.63) is 23.3 Å². The van der Waals surface area contributed by atoms with Gasteiger partial charge in [0.25, 0.3) is 0 Å². The molecule has 2 atom stereocenters. The molecule has 0 fully saturated rings. The summed E-state index contributed by atoms with van der Waals surface area (Å²) >= 11 is 0. The van der Waals surface area contributed by atoms with E-state index in [2.05, 4.69) is 57.1 Å². The summed E-state index contributed by atoms with van der Waals surface area (Å²) in [5.41, 5.74) is 5.39. The van der Waals surface area contributed by atoms with Gasteiger partial charge in [-0.1, -0.05) is 6.07 Å². The highest BCUT2D eigenvalue weighted by atomic mass is 15.2. The van der Waals surface area contributed by atoms with Gasteiger partial charge in [-0.15, -0.1) is 0 Å². The highest BCUT2D eigenvalue weighted by Crippen LogP contribution is 2.36. The molecule has 2 nitrogen and oxygen atoms in total. The fourth-order valence-corrected chi connectivity index (χ4v) is 2.28. The summed E-state index contributed by atoms with van der Waals surface area (Å²) in [5, 5.41) is 3.57. The fraction of sp³-hybridized carbons (Fsp3) is 0.538. The molecule has 1 aromatic rings. The second-order valence-electron chi connectivity index (χ2n) is 4.69. The molecule has 0 saturated carbocycles. The Labute approximate surface area is 92.3 Å². The van der Waals surface area contributed by atoms with Crippen LogP contribution in [-0.2, 0) is 0 Å². The monoisotopic (exact) mass is 204 g/mol. The predicted octanol–water partition coefficient (Wildman–Crippen LogP) is 2.94. The molecule has 0 spiro atoms. The van der Waals surface area contributed by atoms with Crippen LogP contribution < -0.4 is 10.2 Å². The van der Waals surface area contributed by atoms with Crippen molar-refractivity contribution in [2.75, 3.05) is 17.3 Å². The number of hydrogen-bond acceptors (Lipinski definition) is 2. The van der Waals surface area contributed by atoms with Crippen LogP contribution in [0.1, 0.15) is 25.0 Å². The van der Waals surface area contributed by atoms with Gasteiger partial charge in [0.1, 0.15) is 0 Å². The third kappa shape index (κ3) is 1.48. The van der Waals surface area contributed by atoms with E-state index in [1.165, 1.54) is 22.5 Å². The van der Waals surface area contributed by atoms with Crippen molar-refractivity contribution in [1.82, 2.24) is 0 Å². The second kappa shape index (κ2) is 3.44. The quantitative estimate of drug-likeness (QED) is 0.699. The Morgan fingerprint density at radius 3 is 2.53 bits per heavy atom. The molecule has 2 unspecified atom stereocenters. The van der Waals surface area contributed by atoms with Crippen molar-refractivity contribution in [3.8, 4) is 0 Å². The summed E-state index contributed by atoms with van der Waals surface area (Å²) in [7, 11) is 2.19. The number of anilines is 2. The highest BCUT2D eigenvalue weighted by molar-refractivity contribution is 5.77. The summed E-state index contributed by atoms with van der Waals surface area (Å²) in [6.45, 7) is 8.88. The smallest absolute Gasteiger partial charge is 0.0634 e. The maximum atomic E-state index is 3.57. The zero-order chi connectivity index (χ0) is 11.2. The topological polar surface area (TPSA) is 15.3 Å². The average Bonchev–Trinajstić information content (AvgIpc) is 2.20. The number of likely N-dealkylation sites (N-methyl/N-ethyl adjacent to an activating group) is 1. The van der Waals surface area contributed by atoms with E-state index in [0.717, 1.165) is 0 Å². The zero-order valence-corrected chi connectivity index (χ0v) is 10.3. The molecule has 0 aromatic heterocycles. The number of rotatable bonds is 0. The van der Waals surface area contributed by atoms with E-state index in [1.54, 1.807) is 0 Å². The predicted molar refractivity (Wildman–Crippen MR) is 66.9 cm³/mol. The maximum Gasteiger partial charge on any atom is 0.0634 e. The molecule has 1 aliphatic rings. The van der Waals surface area contributed by atoms with Crippen molar-refractivity contribution in [3.63, 3.8) is 0 Å². The van der Waals surface area contributed by atoms with Crippen LogP contribution in [0.2, 0.25) is 0 Å². The highest BCUT2D eigenvalue weighted by Gasteiger charge is 2.26. The van der Waals surface area contributed by atoms with E-state index in [9.17, 15) is 0 Å². The lowest BCUT2D eigenvalue weighted by atomic mass is 9.99. The molecule has 2 heteroatoms. The van der Waals surface area contributed by atoms with E-state index in [0.29, 0.717) is 12.1 Å². The van der Waals surface area contributed by atoms with Gasteiger partial charge in [0.05, 0.1) is 11.4 Å². The Balaban J connectivity index is 2.56. The van der Waals surface area contributed by atoms with Gasteiger partial charge in [-0.25, -0.2) is 0 Å². The van der Waals surface area contributed by atoms with E-state index >= 15 is 0 Å². The van der Waals surface area contributed by atoms with Crippen molar-refractivity contribution < 1.29 is 0 Å². The van der Waals surface area contributed by atoms with Crippen molar-refractivity contribution in [2.45, 2.75) is 39.8 Å². The first-order valence-corrected chi connectivity index (χ1v) is 5.62. The largest absolute Gasteiger partial charge is 0.379 e. The van der Waals surface area contributed by atoms with E-state index < -0.39 is 0 Å². The number of hydrogen-bond donors (Lipinski definition) is 1. The SMILES string of the molecule is Cc1ccc2c(c1C)N(C)C(C)C(C)N2. The van der Waals surface area contributed by atoms with Gasteiger partial charge in [-0.3, -0.25) is 0 Å². The summed E-state index contributed by atoms with van der Waals surface area (Å²) in [6.07, 6.45) is 0. The number of fused-ring (bicyclic) bond motifs is 1. The van der Waals surface area contributed by atoms with Crippen LogP contribution in [0.5, 0.6) is 0 Å². The zero-order valence-electron chi connectivity index (χ0n) is 10.3. The van der Waals surface area contributed by atoms with Crippen molar-refractivity contribution >= 4 is 11.4 Å². The van der Waals surface area contributed by atoms with E-state index in [1.807, 2.05) is 0 Å². The Bertz CT molecular complexity index is 384. The van der Waals surface area contributed by atoms with Gasteiger partial charge < -0.3 is 10.2 Å². The lowest BCUT2D eigenvalue weighted by Gasteiger charge is -2.40. The fourth-order valence-electron chi connectivity index (χ4n) is 2.28. The van der Waals surface area contributed by atoms with Crippen LogP contribution in [0.4, 0.5) is 11.4 Å². The lowest BCUT2D eigenvalue weighted by Crippen LogP contribution is -2.46. The molecule has 1 heterocycles. The van der Waals surface area contributed by atoms with Crippen LogP contribution in [0, 0.1) is 13.8 Å². The van der Waals surface area contributed by atoms with Crippen LogP contribution in [0.3, 0.4) is 0 Å². The Morgan fingerprint density at radius 1 is 1.20 bits per heavy atom. The molecule has 0 saturated heterocycles. The number of aryl methyl sites for hydroxylation is 1. The molecular formula is C13H20N2. The standard InChI is InChI=1S/C13H20N2/c1-8-6-7-12-13(9(8)2)15(5)11(4)10(3)14-12/h6-7,10-11,14H,1-5H3. The Hall–Kier alpha value is -1.18. The molecule has 0 amide bonds. The lowest BCUT2D eigenvalue weighted by molar-refractivity contribution is 0.586. The molecule has 15 heavy (non-hydrogen) atoms. The summed E-state index contributed by atoms with van der Waals surface area (Å²) in [5.74, 6) is 0. The first-order chi connectivity index (χ1) is 7.02. The molecule has 1 N–H and O–H groups in total. The van der Waals surface area contributed by atoms with E-state index in [4.69, 9.17) is 0 Å². The molecule has 82 valence electrons. The number of benzene rings is 1. The number of nitrogens with zero attached hydrogens (tertiary/aromatic N) is 1. The van der Waals surface area contributed by atoms with Gasteiger partial charge in [-0.2, -0.15) is 0 Å². The van der Waals surface area contributed by atoms with Crippen molar-refractivity contribution in [2.24, 2.45) is 0 Å².